The smallest absolute Gasteiger partial charge is 0.260 e. The third kappa shape index (κ3) is 2.84. The molecule has 1 fully saturated rings. The molecule has 3 heteroatoms. The molecule has 0 unspecified atom stereocenters. The Kier molecular flexibility index (Phi) is 3.90. The molecule has 1 aliphatic heterocycles. The van der Waals surface area contributed by atoms with Crippen LogP contribution in [0, 0.1) is 20.8 Å². The van der Waals surface area contributed by atoms with Crippen LogP contribution in [0.4, 0.5) is 0 Å². The summed E-state index contributed by atoms with van der Waals surface area (Å²) >= 11 is 0. The number of rotatable bonds is 3. The SMILES string of the molecule is Cc1cc(C)c(C)c(OCC(=O)N2CCCC2)c1. The van der Waals surface area contributed by atoms with E-state index >= 15 is 0 Å². The van der Waals surface area contributed by atoms with Crippen LogP contribution in [0.25, 0.3) is 0 Å². The zero-order valence-electron chi connectivity index (χ0n) is 11.5. The van der Waals surface area contributed by atoms with Crippen LogP contribution in [0.3, 0.4) is 0 Å². The Morgan fingerprint density at radius 3 is 2.56 bits per heavy atom. The standard InChI is InChI=1S/C15H21NO2/c1-11-8-12(2)13(3)14(9-11)18-10-15(17)16-6-4-5-7-16/h8-9H,4-7,10H2,1-3H3. The summed E-state index contributed by atoms with van der Waals surface area (Å²) < 4.78 is 5.68. The molecule has 98 valence electrons. The van der Waals surface area contributed by atoms with Crippen molar-refractivity contribution < 1.29 is 9.53 Å². The number of hydrogen-bond acceptors (Lipinski definition) is 2. The highest BCUT2D eigenvalue weighted by Crippen LogP contribution is 2.23. The first-order valence-electron chi connectivity index (χ1n) is 6.56. The molecule has 0 aliphatic carbocycles. The van der Waals surface area contributed by atoms with Crippen molar-refractivity contribution >= 4 is 5.91 Å². The zero-order chi connectivity index (χ0) is 13.1. The largest absolute Gasteiger partial charge is 0.483 e. The fraction of sp³-hybridized carbons (Fsp3) is 0.533. The highest BCUT2D eigenvalue weighted by atomic mass is 16.5. The van der Waals surface area contributed by atoms with E-state index in [0.29, 0.717) is 0 Å². The van der Waals surface area contributed by atoms with Gasteiger partial charge in [0.15, 0.2) is 6.61 Å². The Balaban J connectivity index is 1.99. The molecule has 0 saturated carbocycles. The first-order valence-corrected chi connectivity index (χ1v) is 6.56. The number of carbonyl (C=O) groups excluding carboxylic acids is 1. The van der Waals surface area contributed by atoms with Gasteiger partial charge in [-0.25, -0.2) is 0 Å². The minimum atomic E-state index is 0.103. The molecule has 0 radical (unpaired) electrons. The fourth-order valence-electron chi connectivity index (χ4n) is 2.35. The highest BCUT2D eigenvalue weighted by Gasteiger charge is 2.18. The number of likely N-dealkylation sites (tertiary alicyclic amines) is 1. The number of nitrogens with zero attached hydrogens (tertiary/aromatic N) is 1. The number of amides is 1. The second-order valence-electron chi connectivity index (χ2n) is 5.08. The molecule has 0 spiro atoms. The van der Waals surface area contributed by atoms with E-state index in [1.807, 2.05) is 24.8 Å². The van der Waals surface area contributed by atoms with E-state index in [-0.39, 0.29) is 12.5 Å². The summed E-state index contributed by atoms with van der Waals surface area (Å²) in [6, 6.07) is 4.13. The van der Waals surface area contributed by atoms with Gasteiger partial charge in [0.2, 0.25) is 0 Å². The molecule has 0 aromatic heterocycles. The first-order chi connectivity index (χ1) is 8.58. The lowest BCUT2D eigenvalue weighted by Crippen LogP contribution is -2.32. The van der Waals surface area contributed by atoms with Gasteiger partial charge in [0.1, 0.15) is 5.75 Å². The predicted molar refractivity (Wildman–Crippen MR) is 72.0 cm³/mol. The Labute approximate surface area is 109 Å². The molecule has 18 heavy (non-hydrogen) atoms. The maximum Gasteiger partial charge on any atom is 0.260 e. The molecule has 2 rings (SSSR count). The van der Waals surface area contributed by atoms with E-state index < -0.39 is 0 Å². The van der Waals surface area contributed by atoms with Gasteiger partial charge in [0.05, 0.1) is 0 Å². The van der Waals surface area contributed by atoms with Gasteiger partial charge in [-0.05, 0) is 56.4 Å². The maximum absolute atomic E-state index is 11.9. The second-order valence-corrected chi connectivity index (χ2v) is 5.08. The molecule has 1 heterocycles. The van der Waals surface area contributed by atoms with E-state index in [9.17, 15) is 4.79 Å². The number of ether oxygens (including phenoxy) is 1. The minimum absolute atomic E-state index is 0.103. The van der Waals surface area contributed by atoms with Crippen LogP contribution in [0.15, 0.2) is 12.1 Å². The van der Waals surface area contributed by atoms with Gasteiger partial charge in [-0.15, -0.1) is 0 Å². The molecule has 0 bridgehead atoms. The summed E-state index contributed by atoms with van der Waals surface area (Å²) in [5.41, 5.74) is 3.50. The molecule has 3 nitrogen and oxygen atoms in total. The second kappa shape index (κ2) is 5.42. The van der Waals surface area contributed by atoms with Crippen molar-refractivity contribution in [2.24, 2.45) is 0 Å². The Morgan fingerprint density at radius 1 is 1.22 bits per heavy atom. The Bertz CT molecular complexity index is 448. The van der Waals surface area contributed by atoms with Crippen LogP contribution in [0.2, 0.25) is 0 Å². The molecular weight excluding hydrogens is 226 g/mol. The van der Waals surface area contributed by atoms with Crippen LogP contribution < -0.4 is 4.74 Å². The van der Waals surface area contributed by atoms with E-state index in [4.69, 9.17) is 4.74 Å². The maximum atomic E-state index is 11.9. The molecule has 0 N–H and O–H groups in total. The number of aryl methyl sites for hydroxylation is 2. The normalized spacial score (nSPS) is 14.9. The Morgan fingerprint density at radius 2 is 1.89 bits per heavy atom. The summed E-state index contributed by atoms with van der Waals surface area (Å²) in [5.74, 6) is 0.936. The van der Waals surface area contributed by atoms with E-state index in [2.05, 4.69) is 13.0 Å². The van der Waals surface area contributed by atoms with E-state index in [1.54, 1.807) is 0 Å². The predicted octanol–water partition coefficient (Wildman–Crippen LogP) is 2.61. The van der Waals surface area contributed by atoms with Gasteiger partial charge >= 0.3 is 0 Å². The van der Waals surface area contributed by atoms with Crippen molar-refractivity contribution in [3.05, 3.63) is 28.8 Å². The molecule has 1 saturated heterocycles. The van der Waals surface area contributed by atoms with Crippen LogP contribution in [0.5, 0.6) is 5.75 Å². The summed E-state index contributed by atoms with van der Waals surface area (Å²) in [4.78, 5) is 13.8. The topological polar surface area (TPSA) is 29.5 Å². The van der Waals surface area contributed by atoms with Crippen molar-refractivity contribution in [1.82, 2.24) is 4.90 Å². The summed E-state index contributed by atoms with van der Waals surface area (Å²) in [7, 11) is 0. The van der Waals surface area contributed by atoms with Crippen LogP contribution in [-0.2, 0) is 4.79 Å². The summed E-state index contributed by atoms with van der Waals surface area (Å²) in [5, 5.41) is 0. The fourth-order valence-corrected chi connectivity index (χ4v) is 2.35. The lowest BCUT2D eigenvalue weighted by molar-refractivity contribution is -0.132. The van der Waals surface area contributed by atoms with Gasteiger partial charge in [-0.1, -0.05) is 6.07 Å². The summed E-state index contributed by atoms with van der Waals surface area (Å²) in [6.45, 7) is 8.06. The van der Waals surface area contributed by atoms with Crippen molar-refractivity contribution in [3.63, 3.8) is 0 Å². The minimum Gasteiger partial charge on any atom is -0.483 e. The average Bonchev–Trinajstić information content (AvgIpc) is 2.85. The Hall–Kier alpha value is -1.51. The number of carbonyl (C=O) groups is 1. The third-order valence-electron chi connectivity index (χ3n) is 3.57. The monoisotopic (exact) mass is 247 g/mol. The van der Waals surface area contributed by atoms with Gasteiger partial charge in [-0.2, -0.15) is 0 Å². The zero-order valence-corrected chi connectivity index (χ0v) is 11.5. The first kappa shape index (κ1) is 12.9. The molecular formula is C15H21NO2. The van der Waals surface area contributed by atoms with E-state index in [0.717, 1.165) is 37.2 Å². The third-order valence-corrected chi connectivity index (χ3v) is 3.57. The molecule has 1 aliphatic rings. The molecule has 1 aromatic carbocycles. The molecule has 0 atom stereocenters. The van der Waals surface area contributed by atoms with Crippen LogP contribution in [0.1, 0.15) is 29.5 Å². The van der Waals surface area contributed by atoms with Crippen molar-refractivity contribution in [1.29, 1.82) is 0 Å². The van der Waals surface area contributed by atoms with Gasteiger partial charge in [0.25, 0.3) is 5.91 Å². The number of hydrogen-bond donors (Lipinski definition) is 0. The van der Waals surface area contributed by atoms with E-state index in [1.165, 1.54) is 11.1 Å². The van der Waals surface area contributed by atoms with Crippen LogP contribution >= 0.6 is 0 Å². The average molecular weight is 247 g/mol. The molecule has 1 amide bonds. The van der Waals surface area contributed by atoms with Crippen LogP contribution in [-0.4, -0.2) is 30.5 Å². The highest BCUT2D eigenvalue weighted by molar-refractivity contribution is 5.78. The van der Waals surface area contributed by atoms with Gasteiger partial charge in [0, 0.05) is 13.1 Å². The number of benzene rings is 1. The van der Waals surface area contributed by atoms with Crippen molar-refractivity contribution in [2.75, 3.05) is 19.7 Å². The van der Waals surface area contributed by atoms with Gasteiger partial charge < -0.3 is 9.64 Å². The quantitative estimate of drug-likeness (QED) is 0.821. The summed E-state index contributed by atoms with van der Waals surface area (Å²) in [6.07, 6.45) is 2.24. The lowest BCUT2D eigenvalue weighted by atomic mass is 10.1. The van der Waals surface area contributed by atoms with Gasteiger partial charge in [-0.3, -0.25) is 4.79 Å². The lowest BCUT2D eigenvalue weighted by Gasteiger charge is -2.17. The molecule has 1 aromatic rings. The van der Waals surface area contributed by atoms with Crippen molar-refractivity contribution in [3.8, 4) is 5.75 Å². The van der Waals surface area contributed by atoms with Crippen molar-refractivity contribution in [2.45, 2.75) is 33.6 Å².